The molecule has 1 amide bonds. The zero-order chi connectivity index (χ0) is 25.2. The van der Waals surface area contributed by atoms with Crippen LogP contribution in [0.5, 0.6) is 0 Å². The monoisotopic (exact) mass is 519 g/mol. The van der Waals surface area contributed by atoms with Crippen LogP contribution in [0.25, 0.3) is 11.7 Å². The lowest BCUT2D eigenvalue weighted by Crippen LogP contribution is -2.47. The number of aryl methyl sites for hydroxylation is 1. The van der Waals surface area contributed by atoms with E-state index in [0.717, 1.165) is 44.7 Å². The molecule has 4 heterocycles. The van der Waals surface area contributed by atoms with E-state index in [0.29, 0.717) is 32.8 Å². The maximum Gasteiger partial charge on any atom is 0.267 e. The van der Waals surface area contributed by atoms with E-state index in [2.05, 4.69) is 34.1 Å². The lowest BCUT2D eigenvalue weighted by molar-refractivity contribution is -0.122. The Morgan fingerprint density at radius 3 is 2.53 bits per heavy atom. The molecule has 2 aromatic heterocycles. The quantitative estimate of drug-likeness (QED) is 0.361. The van der Waals surface area contributed by atoms with E-state index in [4.69, 9.17) is 17.2 Å². The minimum atomic E-state index is -0.175. The number of aromatic nitrogens is 2. The molecule has 1 aromatic carbocycles. The molecule has 36 heavy (non-hydrogen) atoms. The van der Waals surface area contributed by atoms with Gasteiger partial charge in [0.25, 0.3) is 11.5 Å². The molecule has 0 N–H and O–H groups in total. The van der Waals surface area contributed by atoms with Gasteiger partial charge in [-0.15, -0.1) is 0 Å². The fourth-order valence-corrected chi connectivity index (χ4v) is 5.91. The van der Waals surface area contributed by atoms with E-state index in [-0.39, 0.29) is 11.5 Å². The molecule has 5 rings (SSSR count). The molecule has 0 aliphatic carbocycles. The minimum absolute atomic E-state index is 0.140. The summed E-state index contributed by atoms with van der Waals surface area (Å²) < 4.78 is 2.11. The van der Waals surface area contributed by atoms with Gasteiger partial charge in [-0.3, -0.25) is 23.8 Å². The summed E-state index contributed by atoms with van der Waals surface area (Å²) in [7, 11) is 0. The number of carbonyl (C=O) groups excluding carboxylic acids is 1. The molecule has 2 aliphatic heterocycles. The number of anilines is 1. The highest BCUT2D eigenvalue weighted by Crippen LogP contribution is 2.33. The third-order valence-corrected chi connectivity index (χ3v) is 7.88. The number of hydrogen-bond acceptors (Lipinski definition) is 7. The summed E-state index contributed by atoms with van der Waals surface area (Å²) in [6.45, 7) is 8.66. The Balaban J connectivity index is 1.49. The van der Waals surface area contributed by atoms with Gasteiger partial charge in [0.2, 0.25) is 0 Å². The van der Waals surface area contributed by atoms with Crippen LogP contribution in [0.1, 0.15) is 30.0 Å². The SMILES string of the molecule is CCCN1C(=O)/C(=C/c2c(N3CCN(Cc4ccccc4)CC3)nc3ccc(C)cn3c2=O)SC1=S. The summed E-state index contributed by atoms with van der Waals surface area (Å²) in [4.78, 5) is 38.3. The number of pyridine rings is 1. The van der Waals surface area contributed by atoms with Crippen LogP contribution >= 0.6 is 24.0 Å². The molecule has 0 spiro atoms. The standard InChI is InChI=1S/C27H29N5O2S2/c1-3-11-31-26(34)22(36-27(31)35)16-21-24(28-23-10-9-19(2)17-32(23)25(21)33)30-14-12-29(13-15-30)18-20-7-5-4-6-8-20/h4-10,16-17H,3,11-15,18H2,1-2H3/b22-16-. The van der Waals surface area contributed by atoms with Crippen molar-refractivity contribution in [2.75, 3.05) is 37.6 Å². The highest BCUT2D eigenvalue weighted by atomic mass is 32.2. The van der Waals surface area contributed by atoms with Gasteiger partial charge in [-0.05, 0) is 36.6 Å². The first kappa shape index (κ1) is 24.7. The summed E-state index contributed by atoms with van der Waals surface area (Å²) in [6.07, 6.45) is 4.31. The van der Waals surface area contributed by atoms with Crippen LogP contribution < -0.4 is 10.5 Å². The van der Waals surface area contributed by atoms with E-state index < -0.39 is 0 Å². The average molecular weight is 520 g/mol. The Bertz CT molecular complexity index is 1390. The summed E-state index contributed by atoms with van der Waals surface area (Å²) in [5.41, 5.74) is 3.12. The second kappa shape index (κ2) is 10.5. The highest BCUT2D eigenvalue weighted by Gasteiger charge is 2.32. The lowest BCUT2D eigenvalue weighted by Gasteiger charge is -2.36. The first-order valence-electron chi connectivity index (χ1n) is 12.2. The van der Waals surface area contributed by atoms with Gasteiger partial charge in [-0.1, -0.05) is 67.3 Å². The molecule has 2 fully saturated rings. The van der Waals surface area contributed by atoms with Crippen LogP contribution in [-0.4, -0.2) is 62.1 Å². The van der Waals surface area contributed by atoms with Crippen molar-refractivity contribution in [2.24, 2.45) is 0 Å². The number of thioether (sulfide) groups is 1. The summed E-state index contributed by atoms with van der Waals surface area (Å²) >= 11 is 6.70. The van der Waals surface area contributed by atoms with Crippen LogP contribution in [0.4, 0.5) is 5.82 Å². The van der Waals surface area contributed by atoms with E-state index in [1.54, 1.807) is 21.6 Å². The van der Waals surface area contributed by atoms with Crippen molar-refractivity contribution in [1.82, 2.24) is 19.2 Å². The number of carbonyl (C=O) groups is 1. The van der Waals surface area contributed by atoms with Crippen molar-refractivity contribution < 1.29 is 4.79 Å². The minimum Gasteiger partial charge on any atom is -0.353 e. The number of piperazine rings is 1. The predicted molar refractivity (Wildman–Crippen MR) is 150 cm³/mol. The van der Waals surface area contributed by atoms with Gasteiger partial charge in [-0.2, -0.15) is 0 Å². The summed E-state index contributed by atoms with van der Waals surface area (Å²) in [5, 5.41) is 0. The number of nitrogens with zero attached hydrogens (tertiary/aromatic N) is 5. The van der Waals surface area contributed by atoms with Gasteiger partial charge in [0.1, 0.15) is 15.8 Å². The average Bonchev–Trinajstić information content (AvgIpc) is 3.15. The number of rotatable bonds is 6. The van der Waals surface area contributed by atoms with Crippen molar-refractivity contribution in [1.29, 1.82) is 0 Å². The van der Waals surface area contributed by atoms with Crippen molar-refractivity contribution >= 4 is 51.7 Å². The summed E-state index contributed by atoms with van der Waals surface area (Å²) in [6, 6.07) is 14.3. The molecular weight excluding hydrogens is 490 g/mol. The fourth-order valence-electron chi connectivity index (χ4n) is 4.62. The largest absolute Gasteiger partial charge is 0.353 e. The molecule has 3 aromatic rings. The molecule has 0 atom stereocenters. The number of benzene rings is 1. The van der Waals surface area contributed by atoms with Gasteiger partial charge >= 0.3 is 0 Å². The molecule has 7 nitrogen and oxygen atoms in total. The van der Waals surface area contributed by atoms with E-state index in [9.17, 15) is 9.59 Å². The van der Waals surface area contributed by atoms with E-state index >= 15 is 0 Å². The van der Waals surface area contributed by atoms with Crippen LogP contribution in [0.3, 0.4) is 0 Å². The predicted octanol–water partition coefficient (Wildman–Crippen LogP) is 3.94. The second-order valence-electron chi connectivity index (χ2n) is 9.17. The van der Waals surface area contributed by atoms with E-state index in [1.807, 2.05) is 32.0 Å². The molecule has 0 unspecified atom stereocenters. The molecule has 0 radical (unpaired) electrons. The van der Waals surface area contributed by atoms with Crippen molar-refractivity contribution in [2.45, 2.75) is 26.8 Å². The second-order valence-corrected chi connectivity index (χ2v) is 10.8. The normalized spacial score (nSPS) is 18.1. The number of fused-ring (bicyclic) bond motifs is 1. The highest BCUT2D eigenvalue weighted by molar-refractivity contribution is 8.26. The Hall–Kier alpha value is -3.01. The maximum absolute atomic E-state index is 13.7. The lowest BCUT2D eigenvalue weighted by atomic mass is 10.2. The Morgan fingerprint density at radius 2 is 1.81 bits per heavy atom. The molecule has 2 aliphatic rings. The third-order valence-electron chi connectivity index (χ3n) is 6.50. The van der Waals surface area contributed by atoms with Crippen molar-refractivity contribution in [3.8, 4) is 0 Å². The molecule has 9 heteroatoms. The van der Waals surface area contributed by atoms with Gasteiger partial charge in [0.15, 0.2) is 0 Å². The van der Waals surface area contributed by atoms with E-state index in [1.165, 1.54) is 17.3 Å². The zero-order valence-electron chi connectivity index (χ0n) is 20.5. The molecule has 0 bridgehead atoms. The summed E-state index contributed by atoms with van der Waals surface area (Å²) in [5.74, 6) is 0.489. The van der Waals surface area contributed by atoms with Gasteiger partial charge in [-0.25, -0.2) is 4.98 Å². The zero-order valence-corrected chi connectivity index (χ0v) is 22.1. The Labute approximate surface area is 220 Å². The maximum atomic E-state index is 13.7. The molecule has 2 saturated heterocycles. The van der Waals surface area contributed by atoms with Crippen LogP contribution in [0, 0.1) is 6.92 Å². The van der Waals surface area contributed by atoms with Crippen molar-refractivity contribution in [3.05, 3.63) is 80.6 Å². The van der Waals surface area contributed by atoms with Gasteiger partial charge in [0.05, 0.1) is 10.5 Å². The smallest absolute Gasteiger partial charge is 0.267 e. The van der Waals surface area contributed by atoms with Gasteiger partial charge in [0, 0.05) is 45.5 Å². The molecule has 0 saturated carbocycles. The number of amides is 1. The Morgan fingerprint density at radius 1 is 1.06 bits per heavy atom. The first-order chi connectivity index (χ1) is 17.4. The molecule has 186 valence electrons. The third kappa shape index (κ3) is 4.96. The van der Waals surface area contributed by atoms with Crippen LogP contribution in [0.15, 0.2) is 58.4 Å². The number of thiocarbonyl (C=S) groups is 1. The van der Waals surface area contributed by atoms with Gasteiger partial charge < -0.3 is 4.90 Å². The molecular formula is C27H29N5O2S2. The number of hydrogen-bond donors (Lipinski definition) is 0. The first-order valence-corrected chi connectivity index (χ1v) is 13.5. The van der Waals surface area contributed by atoms with Crippen molar-refractivity contribution in [3.63, 3.8) is 0 Å². The topological polar surface area (TPSA) is 61.2 Å². The Kier molecular flexibility index (Phi) is 7.22. The van der Waals surface area contributed by atoms with Crippen LogP contribution in [-0.2, 0) is 11.3 Å². The fraction of sp³-hybridized carbons (Fsp3) is 0.333. The van der Waals surface area contributed by atoms with Crippen LogP contribution in [0.2, 0.25) is 0 Å².